The maximum Gasteiger partial charge on any atom is 0.126 e. The molecule has 0 saturated carbocycles. The summed E-state index contributed by atoms with van der Waals surface area (Å²) in [5, 5.41) is 7.23. The summed E-state index contributed by atoms with van der Waals surface area (Å²) in [5.74, 6) is 1.69. The third kappa shape index (κ3) is 4.50. The number of pyridine rings is 1. The fourth-order valence-corrected chi connectivity index (χ4v) is 3.00. The summed E-state index contributed by atoms with van der Waals surface area (Å²) in [7, 11) is 1.67. The molecule has 142 valence electrons. The highest BCUT2D eigenvalue weighted by Gasteiger charge is 2.06. The molecule has 0 unspecified atom stereocenters. The van der Waals surface area contributed by atoms with Crippen molar-refractivity contribution in [3.63, 3.8) is 0 Å². The van der Waals surface area contributed by atoms with Crippen molar-refractivity contribution in [2.24, 2.45) is 0 Å². The summed E-state index contributed by atoms with van der Waals surface area (Å²) in [6.07, 6.45) is 4.08. The molecule has 4 rings (SSSR count). The van der Waals surface area contributed by atoms with Crippen LogP contribution in [-0.4, -0.2) is 23.7 Å². The highest BCUT2D eigenvalue weighted by Crippen LogP contribution is 2.12. The van der Waals surface area contributed by atoms with Crippen LogP contribution in [0.25, 0.3) is 12.3 Å². The Bertz CT molecular complexity index is 1030. The fourth-order valence-electron chi connectivity index (χ4n) is 3.00. The van der Waals surface area contributed by atoms with Gasteiger partial charge in [0, 0.05) is 6.54 Å². The molecule has 0 atom stereocenters. The van der Waals surface area contributed by atoms with Crippen molar-refractivity contribution in [1.82, 2.24) is 10.0 Å². The van der Waals surface area contributed by atoms with E-state index in [9.17, 15) is 0 Å². The molecule has 1 aliphatic heterocycles. The summed E-state index contributed by atoms with van der Waals surface area (Å²) in [6, 6.07) is 22.3. The zero-order valence-electron chi connectivity index (χ0n) is 15.8. The predicted octanol–water partition coefficient (Wildman–Crippen LogP) is 2.67. The summed E-state index contributed by atoms with van der Waals surface area (Å²) < 4.78 is 5.20. The molecule has 1 N–H and O–H groups in total. The standard InChI is InChI=1S/C23H23N3O2/c1-27-21-10-7-18(8-11-21)15-24-23-12-9-20-13-14-26(16-22(20)25-23)28-17-19-5-3-2-4-6-19/h2-13,16H,14-15,17H2,1H3,(H,24,25). The van der Waals surface area contributed by atoms with Gasteiger partial charge in [0.2, 0.25) is 0 Å². The monoisotopic (exact) mass is 373 g/mol. The number of rotatable bonds is 7. The number of anilines is 1. The van der Waals surface area contributed by atoms with Gasteiger partial charge in [0.1, 0.15) is 11.6 Å². The minimum atomic E-state index is 0.538. The highest BCUT2D eigenvalue weighted by molar-refractivity contribution is 5.42. The molecule has 5 nitrogen and oxygen atoms in total. The Labute approximate surface area is 164 Å². The van der Waals surface area contributed by atoms with E-state index in [1.807, 2.05) is 59.8 Å². The summed E-state index contributed by atoms with van der Waals surface area (Å²) in [4.78, 5) is 10.6. The number of hydrogen-bond donors (Lipinski definition) is 1. The first-order chi connectivity index (χ1) is 13.8. The molecule has 1 aromatic heterocycles. The largest absolute Gasteiger partial charge is 0.497 e. The Hall–Kier alpha value is -3.31. The van der Waals surface area contributed by atoms with Crippen molar-refractivity contribution >= 4 is 18.1 Å². The van der Waals surface area contributed by atoms with Crippen molar-refractivity contribution in [2.75, 3.05) is 19.0 Å². The van der Waals surface area contributed by atoms with Gasteiger partial charge in [-0.25, -0.2) is 4.98 Å². The van der Waals surface area contributed by atoms with Crippen molar-refractivity contribution in [3.05, 3.63) is 88.4 Å². The average Bonchev–Trinajstić information content (AvgIpc) is 2.77. The van der Waals surface area contributed by atoms with Crippen LogP contribution >= 0.6 is 0 Å². The van der Waals surface area contributed by atoms with E-state index in [0.717, 1.165) is 27.7 Å². The number of fused-ring (bicyclic) bond motifs is 1. The lowest BCUT2D eigenvalue weighted by Gasteiger charge is -2.20. The summed E-state index contributed by atoms with van der Waals surface area (Å²) >= 11 is 0. The number of methoxy groups -OCH3 is 1. The molecule has 28 heavy (non-hydrogen) atoms. The quantitative estimate of drug-likeness (QED) is 0.690. The van der Waals surface area contributed by atoms with Gasteiger partial charge in [0.15, 0.2) is 0 Å². The number of hydroxylamine groups is 2. The Morgan fingerprint density at radius 1 is 0.964 bits per heavy atom. The second-order valence-electron chi connectivity index (χ2n) is 6.56. The van der Waals surface area contributed by atoms with Gasteiger partial charge >= 0.3 is 0 Å². The maximum atomic E-state index is 5.89. The van der Waals surface area contributed by atoms with Gasteiger partial charge in [-0.2, -0.15) is 0 Å². The van der Waals surface area contributed by atoms with E-state index in [-0.39, 0.29) is 0 Å². The second-order valence-corrected chi connectivity index (χ2v) is 6.56. The van der Waals surface area contributed by atoms with E-state index in [2.05, 4.69) is 29.6 Å². The summed E-state index contributed by atoms with van der Waals surface area (Å²) in [6.45, 7) is 1.95. The molecule has 0 fully saturated rings. The van der Waals surface area contributed by atoms with Crippen LogP contribution in [0.1, 0.15) is 11.1 Å². The van der Waals surface area contributed by atoms with Gasteiger partial charge in [-0.05, 0) is 40.6 Å². The molecule has 2 heterocycles. The number of benzene rings is 2. The zero-order chi connectivity index (χ0) is 19.2. The Balaban J connectivity index is 1.41. The van der Waals surface area contributed by atoms with Gasteiger partial charge in [-0.1, -0.05) is 48.5 Å². The first-order valence-corrected chi connectivity index (χ1v) is 9.29. The summed E-state index contributed by atoms with van der Waals surface area (Å²) in [5.41, 5.74) is 2.31. The van der Waals surface area contributed by atoms with Crippen LogP contribution in [0.15, 0.2) is 66.7 Å². The van der Waals surface area contributed by atoms with Crippen molar-refractivity contribution in [2.45, 2.75) is 13.2 Å². The molecule has 0 bridgehead atoms. The topological polar surface area (TPSA) is 46.6 Å². The Kier molecular flexibility index (Phi) is 5.54. The lowest BCUT2D eigenvalue weighted by atomic mass is 10.2. The van der Waals surface area contributed by atoms with E-state index in [1.54, 1.807) is 7.11 Å². The normalized spacial score (nSPS) is 12.5. The Morgan fingerprint density at radius 3 is 2.57 bits per heavy atom. The van der Waals surface area contributed by atoms with E-state index < -0.39 is 0 Å². The molecule has 0 spiro atoms. The van der Waals surface area contributed by atoms with Gasteiger partial charge < -0.3 is 10.1 Å². The van der Waals surface area contributed by atoms with E-state index in [0.29, 0.717) is 19.7 Å². The molecule has 0 saturated heterocycles. The fraction of sp³-hybridized carbons (Fsp3) is 0.174. The number of aromatic nitrogens is 1. The van der Waals surface area contributed by atoms with E-state index >= 15 is 0 Å². The molecule has 0 amide bonds. The van der Waals surface area contributed by atoms with Crippen LogP contribution in [0.4, 0.5) is 5.82 Å². The van der Waals surface area contributed by atoms with Crippen LogP contribution in [0.3, 0.4) is 0 Å². The van der Waals surface area contributed by atoms with Crippen LogP contribution in [-0.2, 0) is 18.0 Å². The molecular weight excluding hydrogens is 350 g/mol. The first-order valence-electron chi connectivity index (χ1n) is 9.29. The number of nitrogens with one attached hydrogen (secondary N) is 1. The van der Waals surface area contributed by atoms with Crippen LogP contribution < -0.4 is 20.6 Å². The van der Waals surface area contributed by atoms with Crippen LogP contribution in [0.2, 0.25) is 0 Å². The minimum Gasteiger partial charge on any atom is -0.497 e. The molecule has 0 radical (unpaired) electrons. The lowest BCUT2D eigenvalue weighted by Crippen LogP contribution is -2.37. The third-order valence-corrected chi connectivity index (χ3v) is 4.59. The van der Waals surface area contributed by atoms with Crippen molar-refractivity contribution in [3.8, 4) is 5.75 Å². The number of nitrogens with zero attached hydrogens (tertiary/aromatic N) is 2. The van der Waals surface area contributed by atoms with E-state index in [1.165, 1.54) is 5.56 Å². The molecule has 5 heteroatoms. The highest BCUT2D eigenvalue weighted by atomic mass is 16.7. The van der Waals surface area contributed by atoms with Crippen LogP contribution in [0, 0.1) is 0 Å². The minimum absolute atomic E-state index is 0.538. The second kappa shape index (κ2) is 8.59. The SMILES string of the molecule is COc1ccc(CNc2ccc3c(n2)=CN(OCc2ccccc2)CC=3)cc1. The maximum absolute atomic E-state index is 5.89. The lowest BCUT2D eigenvalue weighted by molar-refractivity contribution is -0.106. The average molecular weight is 373 g/mol. The smallest absolute Gasteiger partial charge is 0.126 e. The Morgan fingerprint density at radius 2 is 1.79 bits per heavy atom. The number of ether oxygens (including phenoxy) is 1. The van der Waals surface area contributed by atoms with Crippen molar-refractivity contribution in [1.29, 1.82) is 0 Å². The van der Waals surface area contributed by atoms with Gasteiger partial charge in [0.25, 0.3) is 0 Å². The first kappa shape index (κ1) is 18.1. The molecular formula is C23H23N3O2. The molecule has 3 aromatic rings. The van der Waals surface area contributed by atoms with Crippen LogP contribution in [0.5, 0.6) is 5.75 Å². The third-order valence-electron chi connectivity index (χ3n) is 4.59. The van der Waals surface area contributed by atoms with Gasteiger partial charge in [-0.15, -0.1) is 0 Å². The zero-order valence-corrected chi connectivity index (χ0v) is 15.8. The van der Waals surface area contributed by atoms with Gasteiger partial charge in [0.05, 0.1) is 31.8 Å². The predicted molar refractivity (Wildman–Crippen MR) is 111 cm³/mol. The molecule has 1 aliphatic rings. The molecule has 0 aliphatic carbocycles. The number of hydrogen-bond acceptors (Lipinski definition) is 5. The molecule has 2 aromatic carbocycles. The van der Waals surface area contributed by atoms with Crippen molar-refractivity contribution < 1.29 is 9.57 Å². The van der Waals surface area contributed by atoms with Gasteiger partial charge in [-0.3, -0.25) is 9.90 Å². The van der Waals surface area contributed by atoms with E-state index in [4.69, 9.17) is 14.6 Å².